The standard InChI is InChI=1S/C19H18ClF3N2O3/c1-2-8-25(17(27)11-28-13-5-3-4-12(20)9-13)10-16(26)24-15-7-6-14(21)18(22)19(15)23/h3-7,9H,2,8,10-11H2,1H3,(H,24,26). The summed E-state index contributed by atoms with van der Waals surface area (Å²) in [7, 11) is 0. The van der Waals surface area contributed by atoms with Crippen molar-refractivity contribution in [2.75, 3.05) is 25.0 Å². The lowest BCUT2D eigenvalue weighted by atomic mass is 10.2. The van der Waals surface area contributed by atoms with Crippen molar-refractivity contribution in [1.29, 1.82) is 0 Å². The van der Waals surface area contributed by atoms with E-state index in [2.05, 4.69) is 5.32 Å². The minimum Gasteiger partial charge on any atom is -0.484 e. The largest absolute Gasteiger partial charge is 0.484 e. The van der Waals surface area contributed by atoms with Crippen LogP contribution in [0.2, 0.25) is 5.02 Å². The predicted molar refractivity (Wildman–Crippen MR) is 98.8 cm³/mol. The molecule has 5 nitrogen and oxygen atoms in total. The second kappa shape index (κ2) is 9.98. The Hall–Kier alpha value is -2.74. The maximum atomic E-state index is 13.7. The van der Waals surface area contributed by atoms with Crippen LogP contribution in [0.4, 0.5) is 18.9 Å². The molecule has 2 aromatic carbocycles. The van der Waals surface area contributed by atoms with Gasteiger partial charge in [-0.25, -0.2) is 13.2 Å². The van der Waals surface area contributed by atoms with Crippen molar-refractivity contribution in [1.82, 2.24) is 4.90 Å². The molecule has 0 fully saturated rings. The Morgan fingerprint density at radius 2 is 1.89 bits per heavy atom. The molecule has 150 valence electrons. The fourth-order valence-electron chi connectivity index (χ4n) is 2.34. The third-order valence-electron chi connectivity index (χ3n) is 3.65. The number of hydrogen-bond donors (Lipinski definition) is 1. The summed E-state index contributed by atoms with van der Waals surface area (Å²) in [5.41, 5.74) is -0.511. The second-order valence-corrected chi connectivity index (χ2v) is 6.27. The fraction of sp³-hybridized carbons (Fsp3) is 0.263. The zero-order chi connectivity index (χ0) is 20.7. The summed E-state index contributed by atoms with van der Waals surface area (Å²) < 4.78 is 45.2. The molecule has 28 heavy (non-hydrogen) atoms. The highest BCUT2D eigenvalue weighted by Crippen LogP contribution is 2.20. The highest BCUT2D eigenvalue weighted by Gasteiger charge is 2.20. The van der Waals surface area contributed by atoms with E-state index in [9.17, 15) is 22.8 Å². The summed E-state index contributed by atoms with van der Waals surface area (Å²) in [6.07, 6.45) is 0.565. The molecule has 1 N–H and O–H groups in total. The molecule has 2 rings (SSSR count). The van der Waals surface area contributed by atoms with Crippen LogP contribution < -0.4 is 10.1 Å². The number of carbonyl (C=O) groups excluding carboxylic acids is 2. The zero-order valence-corrected chi connectivity index (χ0v) is 15.7. The number of carbonyl (C=O) groups is 2. The average Bonchev–Trinajstić information content (AvgIpc) is 2.66. The van der Waals surface area contributed by atoms with Crippen LogP contribution in [0.1, 0.15) is 13.3 Å². The monoisotopic (exact) mass is 414 g/mol. The Balaban J connectivity index is 1.98. The van der Waals surface area contributed by atoms with E-state index in [0.29, 0.717) is 23.3 Å². The summed E-state index contributed by atoms with van der Waals surface area (Å²) in [5.74, 6) is -5.39. The Morgan fingerprint density at radius 3 is 2.57 bits per heavy atom. The lowest BCUT2D eigenvalue weighted by molar-refractivity contribution is -0.136. The van der Waals surface area contributed by atoms with Gasteiger partial charge in [0.05, 0.1) is 12.2 Å². The molecule has 0 heterocycles. The summed E-state index contributed by atoms with van der Waals surface area (Å²) in [6, 6.07) is 8.08. The van der Waals surface area contributed by atoms with E-state index in [4.69, 9.17) is 16.3 Å². The smallest absolute Gasteiger partial charge is 0.260 e. The van der Waals surface area contributed by atoms with Crippen LogP contribution in [0.25, 0.3) is 0 Å². The van der Waals surface area contributed by atoms with Gasteiger partial charge < -0.3 is 15.0 Å². The first-order chi connectivity index (χ1) is 13.3. The molecule has 0 saturated heterocycles. The second-order valence-electron chi connectivity index (χ2n) is 5.83. The summed E-state index contributed by atoms with van der Waals surface area (Å²) in [4.78, 5) is 25.7. The van der Waals surface area contributed by atoms with Gasteiger partial charge in [-0.1, -0.05) is 24.6 Å². The minimum absolute atomic E-state index is 0.255. The Kier molecular flexibility index (Phi) is 7.69. The van der Waals surface area contributed by atoms with Gasteiger partial charge in [0.2, 0.25) is 5.91 Å². The van der Waals surface area contributed by atoms with Crippen LogP contribution >= 0.6 is 11.6 Å². The molecule has 0 atom stereocenters. The first-order valence-electron chi connectivity index (χ1n) is 8.41. The van der Waals surface area contributed by atoms with Crippen LogP contribution in [0, 0.1) is 17.5 Å². The maximum Gasteiger partial charge on any atom is 0.260 e. The van der Waals surface area contributed by atoms with E-state index in [-0.39, 0.29) is 13.2 Å². The molecule has 0 bridgehead atoms. The van der Waals surface area contributed by atoms with Gasteiger partial charge >= 0.3 is 0 Å². The number of ether oxygens (including phenoxy) is 1. The van der Waals surface area contributed by atoms with Gasteiger partial charge in [0.1, 0.15) is 5.75 Å². The highest BCUT2D eigenvalue weighted by molar-refractivity contribution is 6.30. The van der Waals surface area contributed by atoms with Crippen molar-refractivity contribution in [3.63, 3.8) is 0 Å². The van der Waals surface area contributed by atoms with E-state index in [1.807, 2.05) is 6.92 Å². The van der Waals surface area contributed by atoms with Crippen molar-refractivity contribution in [3.8, 4) is 5.75 Å². The molecule has 0 aliphatic heterocycles. The van der Waals surface area contributed by atoms with Gasteiger partial charge in [0.15, 0.2) is 24.1 Å². The molecule has 2 aromatic rings. The molecular weight excluding hydrogens is 397 g/mol. The van der Waals surface area contributed by atoms with Gasteiger partial charge in [-0.2, -0.15) is 0 Å². The molecule has 2 amide bonds. The number of halogens is 4. The van der Waals surface area contributed by atoms with Gasteiger partial charge in [-0.15, -0.1) is 0 Å². The SMILES string of the molecule is CCCN(CC(=O)Nc1ccc(F)c(F)c1F)C(=O)COc1cccc(Cl)c1. The van der Waals surface area contributed by atoms with Crippen molar-refractivity contribution < 1.29 is 27.5 Å². The van der Waals surface area contributed by atoms with Crippen LogP contribution in [0.5, 0.6) is 5.75 Å². The molecule has 0 spiro atoms. The number of nitrogens with zero attached hydrogens (tertiary/aromatic N) is 1. The Bertz CT molecular complexity index is 864. The summed E-state index contributed by atoms with van der Waals surface area (Å²) in [6.45, 7) is 1.34. The molecule has 0 aromatic heterocycles. The molecule has 0 saturated carbocycles. The van der Waals surface area contributed by atoms with Gasteiger partial charge in [-0.05, 0) is 36.8 Å². The Labute approximate surface area is 165 Å². The van der Waals surface area contributed by atoms with E-state index < -0.39 is 41.5 Å². The van der Waals surface area contributed by atoms with Gasteiger partial charge in [-0.3, -0.25) is 9.59 Å². The fourth-order valence-corrected chi connectivity index (χ4v) is 2.52. The lowest BCUT2D eigenvalue weighted by Crippen LogP contribution is -2.41. The van der Waals surface area contributed by atoms with Crippen LogP contribution in [0.15, 0.2) is 36.4 Å². The third-order valence-corrected chi connectivity index (χ3v) is 3.88. The zero-order valence-electron chi connectivity index (χ0n) is 15.0. The molecule has 0 unspecified atom stereocenters. The number of amides is 2. The number of benzene rings is 2. The number of hydrogen-bond acceptors (Lipinski definition) is 3. The maximum absolute atomic E-state index is 13.7. The predicted octanol–water partition coefficient (Wildman–Crippen LogP) is 4.01. The van der Waals surface area contributed by atoms with E-state index in [1.54, 1.807) is 18.2 Å². The number of anilines is 1. The van der Waals surface area contributed by atoms with Crippen LogP contribution in [0.3, 0.4) is 0 Å². The van der Waals surface area contributed by atoms with Crippen molar-refractivity contribution in [2.24, 2.45) is 0 Å². The van der Waals surface area contributed by atoms with Crippen LogP contribution in [-0.2, 0) is 9.59 Å². The number of rotatable bonds is 8. The molecule has 0 aliphatic carbocycles. The highest BCUT2D eigenvalue weighted by atomic mass is 35.5. The van der Waals surface area contributed by atoms with Crippen LogP contribution in [-0.4, -0.2) is 36.4 Å². The molecule has 0 radical (unpaired) electrons. The van der Waals surface area contributed by atoms with Gasteiger partial charge in [0.25, 0.3) is 5.91 Å². The average molecular weight is 415 g/mol. The Morgan fingerprint density at radius 1 is 1.14 bits per heavy atom. The van der Waals surface area contributed by atoms with Crippen molar-refractivity contribution in [2.45, 2.75) is 13.3 Å². The van der Waals surface area contributed by atoms with E-state index in [1.165, 1.54) is 11.0 Å². The molecular formula is C19H18ClF3N2O3. The molecule has 0 aliphatic rings. The van der Waals surface area contributed by atoms with E-state index in [0.717, 1.165) is 6.07 Å². The molecule has 9 heteroatoms. The van der Waals surface area contributed by atoms with Gasteiger partial charge in [0, 0.05) is 11.6 Å². The minimum atomic E-state index is -1.69. The summed E-state index contributed by atoms with van der Waals surface area (Å²) >= 11 is 5.84. The summed E-state index contributed by atoms with van der Waals surface area (Å²) in [5, 5.41) is 2.58. The van der Waals surface area contributed by atoms with Crippen molar-refractivity contribution >= 4 is 29.1 Å². The van der Waals surface area contributed by atoms with Crippen molar-refractivity contribution in [3.05, 3.63) is 58.9 Å². The topological polar surface area (TPSA) is 58.6 Å². The normalized spacial score (nSPS) is 10.5. The lowest BCUT2D eigenvalue weighted by Gasteiger charge is -2.22. The first-order valence-corrected chi connectivity index (χ1v) is 8.79. The van der Waals surface area contributed by atoms with E-state index >= 15 is 0 Å². The number of nitrogens with one attached hydrogen (secondary N) is 1. The third kappa shape index (κ3) is 5.88. The first kappa shape index (κ1) is 21.6. The quantitative estimate of drug-likeness (QED) is 0.664.